The summed E-state index contributed by atoms with van der Waals surface area (Å²) < 4.78 is 53.1. The van der Waals surface area contributed by atoms with E-state index in [9.17, 15) is 17.2 Å². The highest BCUT2D eigenvalue weighted by molar-refractivity contribution is 7.89. The van der Waals surface area contributed by atoms with Crippen molar-refractivity contribution in [1.29, 1.82) is 0 Å². The van der Waals surface area contributed by atoms with E-state index in [2.05, 4.69) is 10.0 Å². The summed E-state index contributed by atoms with van der Waals surface area (Å²) >= 11 is 0. The van der Waals surface area contributed by atoms with Crippen molar-refractivity contribution < 1.29 is 17.2 Å². The number of benzene rings is 1. The fourth-order valence-electron chi connectivity index (χ4n) is 1.96. The highest BCUT2D eigenvalue weighted by Gasteiger charge is 2.27. The van der Waals surface area contributed by atoms with Crippen molar-refractivity contribution in [1.82, 2.24) is 10.0 Å². The molecule has 0 aromatic heterocycles. The molecule has 1 aliphatic rings. The molecular formula is C11H14F2N2O2S. The summed E-state index contributed by atoms with van der Waals surface area (Å²) in [7, 11) is -4.15. The lowest BCUT2D eigenvalue weighted by atomic mass is 10.1. The summed E-state index contributed by atoms with van der Waals surface area (Å²) in [4.78, 5) is -0.900. The predicted octanol–water partition coefficient (Wildman–Crippen LogP) is 0.995. The molecule has 7 heteroatoms. The molecule has 0 aliphatic carbocycles. The van der Waals surface area contributed by atoms with E-state index < -0.39 is 26.6 Å². The van der Waals surface area contributed by atoms with Gasteiger partial charge in [0, 0.05) is 6.04 Å². The highest BCUT2D eigenvalue weighted by Crippen LogP contribution is 2.19. The zero-order valence-corrected chi connectivity index (χ0v) is 10.4. The molecule has 0 amide bonds. The monoisotopic (exact) mass is 276 g/mol. The highest BCUT2D eigenvalue weighted by atomic mass is 32.2. The molecule has 0 spiro atoms. The van der Waals surface area contributed by atoms with E-state index in [0.29, 0.717) is 25.9 Å². The third kappa shape index (κ3) is 2.85. The first kappa shape index (κ1) is 13.4. The molecule has 1 saturated heterocycles. The third-order valence-electron chi connectivity index (χ3n) is 2.85. The van der Waals surface area contributed by atoms with Crippen molar-refractivity contribution in [3.8, 4) is 0 Å². The van der Waals surface area contributed by atoms with Gasteiger partial charge >= 0.3 is 0 Å². The normalized spacial score (nSPS) is 17.9. The van der Waals surface area contributed by atoms with Crippen LogP contribution in [0.15, 0.2) is 23.1 Å². The molecule has 100 valence electrons. The topological polar surface area (TPSA) is 58.2 Å². The predicted molar refractivity (Wildman–Crippen MR) is 62.6 cm³/mol. The van der Waals surface area contributed by atoms with Crippen LogP contribution < -0.4 is 10.0 Å². The van der Waals surface area contributed by atoms with Gasteiger partial charge in [0.2, 0.25) is 10.0 Å². The number of hydrogen-bond acceptors (Lipinski definition) is 3. The van der Waals surface area contributed by atoms with Crippen LogP contribution in [0.4, 0.5) is 8.78 Å². The summed E-state index contributed by atoms with van der Waals surface area (Å²) in [5.74, 6) is -2.15. The van der Waals surface area contributed by atoms with Crippen LogP contribution in [0.2, 0.25) is 0 Å². The number of rotatable bonds is 3. The molecule has 1 heterocycles. The van der Waals surface area contributed by atoms with E-state index in [0.717, 1.165) is 18.2 Å². The van der Waals surface area contributed by atoms with Gasteiger partial charge in [-0.15, -0.1) is 0 Å². The fourth-order valence-corrected chi connectivity index (χ4v) is 3.40. The van der Waals surface area contributed by atoms with Gasteiger partial charge in [0.05, 0.1) is 0 Å². The van der Waals surface area contributed by atoms with E-state index in [4.69, 9.17) is 0 Å². The zero-order valence-electron chi connectivity index (χ0n) is 9.62. The van der Waals surface area contributed by atoms with Gasteiger partial charge in [-0.2, -0.15) is 0 Å². The van der Waals surface area contributed by atoms with Crippen LogP contribution >= 0.6 is 0 Å². The molecule has 1 aliphatic heterocycles. The smallest absolute Gasteiger partial charge is 0.246 e. The average molecular weight is 276 g/mol. The molecule has 1 aromatic rings. The van der Waals surface area contributed by atoms with Gasteiger partial charge in [0.1, 0.15) is 11.6 Å². The molecule has 0 saturated carbocycles. The third-order valence-corrected chi connectivity index (χ3v) is 4.42. The minimum Gasteiger partial charge on any atom is -0.317 e. The van der Waals surface area contributed by atoms with Crippen LogP contribution in [0.1, 0.15) is 12.8 Å². The van der Waals surface area contributed by atoms with Crippen molar-refractivity contribution in [2.24, 2.45) is 0 Å². The van der Waals surface area contributed by atoms with Crippen LogP contribution in [0.3, 0.4) is 0 Å². The minimum absolute atomic E-state index is 0.282. The van der Waals surface area contributed by atoms with Crippen LogP contribution in [0, 0.1) is 11.6 Å². The second-order valence-electron chi connectivity index (χ2n) is 4.20. The Balaban J connectivity index is 2.25. The summed E-state index contributed by atoms with van der Waals surface area (Å²) in [6.07, 6.45) is 1.21. The Morgan fingerprint density at radius 3 is 2.28 bits per heavy atom. The van der Waals surface area contributed by atoms with Crippen LogP contribution in [-0.2, 0) is 10.0 Å². The Hall–Kier alpha value is -1.05. The first-order valence-electron chi connectivity index (χ1n) is 5.68. The second kappa shape index (κ2) is 5.29. The molecule has 0 bridgehead atoms. The lowest BCUT2D eigenvalue weighted by Crippen LogP contribution is -2.43. The largest absolute Gasteiger partial charge is 0.317 e. The maximum atomic E-state index is 13.4. The molecule has 2 N–H and O–H groups in total. The Morgan fingerprint density at radius 2 is 1.72 bits per heavy atom. The number of nitrogens with one attached hydrogen (secondary N) is 2. The number of halogens is 2. The molecule has 0 atom stereocenters. The van der Waals surface area contributed by atoms with Crippen LogP contribution in [0.25, 0.3) is 0 Å². The number of hydrogen-bond donors (Lipinski definition) is 2. The Bertz CT molecular complexity index is 508. The van der Waals surface area contributed by atoms with Crippen LogP contribution in [-0.4, -0.2) is 27.5 Å². The molecule has 2 rings (SSSR count). The summed E-state index contributed by atoms with van der Waals surface area (Å²) in [6.45, 7) is 1.37. The fraction of sp³-hybridized carbons (Fsp3) is 0.455. The maximum Gasteiger partial charge on any atom is 0.246 e. The summed E-state index contributed by atoms with van der Waals surface area (Å²) in [5.41, 5.74) is 0. The van der Waals surface area contributed by atoms with E-state index in [-0.39, 0.29) is 6.04 Å². The van der Waals surface area contributed by atoms with Gasteiger partial charge in [0.25, 0.3) is 0 Å². The van der Waals surface area contributed by atoms with Gasteiger partial charge in [-0.25, -0.2) is 21.9 Å². The summed E-state index contributed by atoms with van der Waals surface area (Å²) in [5, 5.41) is 3.08. The molecule has 0 radical (unpaired) electrons. The Morgan fingerprint density at radius 1 is 1.17 bits per heavy atom. The lowest BCUT2D eigenvalue weighted by Gasteiger charge is -2.23. The van der Waals surface area contributed by atoms with Gasteiger partial charge in [-0.1, -0.05) is 6.07 Å². The molecule has 4 nitrogen and oxygen atoms in total. The van der Waals surface area contributed by atoms with Crippen LogP contribution in [0.5, 0.6) is 0 Å². The maximum absolute atomic E-state index is 13.4. The van der Waals surface area contributed by atoms with Crippen molar-refractivity contribution >= 4 is 10.0 Å². The Labute approximate surface area is 104 Å². The average Bonchev–Trinajstić information content (AvgIpc) is 2.28. The molecular weight excluding hydrogens is 262 g/mol. The van der Waals surface area contributed by atoms with Gasteiger partial charge in [-0.05, 0) is 38.1 Å². The summed E-state index contributed by atoms with van der Waals surface area (Å²) in [6, 6.07) is 2.71. The van der Waals surface area contributed by atoms with Crippen molar-refractivity contribution in [2.45, 2.75) is 23.8 Å². The van der Waals surface area contributed by atoms with E-state index in [1.807, 2.05) is 0 Å². The molecule has 0 unspecified atom stereocenters. The van der Waals surface area contributed by atoms with Crippen molar-refractivity contribution in [2.75, 3.05) is 13.1 Å². The first-order valence-corrected chi connectivity index (χ1v) is 7.16. The molecule has 18 heavy (non-hydrogen) atoms. The van der Waals surface area contributed by atoms with Crippen molar-refractivity contribution in [3.63, 3.8) is 0 Å². The van der Waals surface area contributed by atoms with E-state index in [1.54, 1.807) is 0 Å². The quantitative estimate of drug-likeness (QED) is 0.866. The standard InChI is InChI=1S/C11H14F2N2O2S/c12-9-2-1-3-10(13)11(9)18(16,17)15-8-4-6-14-7-5-8/h1-3,8,14-15H,4-7H2. The lowest BCUT2D eigenvalue weighted by molar-refractivity contribution is 0.424. The van der Waals surface area contributed by atoms with Gasteiger partial charge in [-0.3, -0.25) is 0 Å². The number of sulfonamides is 1. The van der Waals surface area contributed by atoms with E-state index >= 15 is 0 Å². The zero-order chi connectivity index (χ0) is 13.2. The second-order valence-corrected chi connectivity index (χ2v) is 5.85. The molecule has 1 aromatic carbocycles. The van der Waals surface area contributed by atoms with E-state index in [1.165, 1.54) is 0 Å². The SMILES string of the molecule is O=S(=O)(NC1CCNCC1)c1c(F)cccc1F. The van der Waals surface area contributed by atoms with Gasteiger partial charge in [0.15, 0.2) is 4.90 Å². The number of piperidine rings is 1. The first-order chi connectivity index (χ1) is 8.50. The van der Waals surface area contributed by atoms with Crippen molar-refractivity contribution in [3.05, 3.63) is 29.8 Å². The Kier molecular flexibility index (Phi) is 3.94. The van der Waals surface area contributed by atoms with Gasteiger partial charge < -0.3 is 5.32 Å². The molecule has 1 fully saturated rings. The minimum atomic E-state index is -4.15.